The van der Waals surface area contributed by atoms with E-state index in [9.17, 15) is 23.1 Å². The predicted octanol–water partition coefficient (Wildman–Crippen LogP) is 3.77. The molecule has 3 rings (SSSR count). The number of methoxy groups -OCH3 is 1. The first-order valence-corrected chi connectivity index (χ1v) is 12.9. The van der Waals surface area contributed by atoms with Crippen LogP contribution in [-0.4, -0.2) is 61.4 Å². The molecule has 3 unspecified atom stereocenters. The summed E-state index contributed by atoms with van der Waals surface area (Å²) in [4.78, 5) is 26.5. The van der Waals surface area contributed by atoms with Crippen molar-refractivity contribution in [3.8, 4) is 0 Å². The summed E-state index contributed by atoms with van der Waals surface area (Å²) in [5, 5.41) is 9.26. The summed E-state index contributed by atoms with van der Waals surface area (Å²) in [6.45, 7) is 6.43. The van der Waals surface area contributed by atoms with Crippen LogP contribution >= 0.6 is 0 Å². The summed E-state index contributed by atoms with van der Waals surface area (Å²) in [7, 11) is -2.60. The van der Waals surface area contributed by atoms with E-state index in [0.29, 0.717) is 6.54 Å². The van der Waals surface area contributed by atoms with Crippen LogP contribution in [0.25, 0.3) is 0 Å². The second-order valence-corrected chi connectivity index (χ2v) is 12.4. The zero-order valence-corrected chi connectivity index (χ0v) is 20.2. The van der Waals surface area contributed by atoms with Crippen molar-refractivity contribution in [1.82, 2.24) is 4.90 Å². The molecule has 1 aromatic carbocycles. The van der Waals surface area contributed by atoms with E-state index in [1.54, 1.807) is 0 Å². The summed E-state index contributed by atoms with van der Waals surface area (Å²) < 4.78 is 32.0. The van der Waals surface area contributed by atoms with Crippen molar-refractivity contribution in [3.05, 3.63) is 29.8 Å². The zero-order valence-electron chi connectivity index (χ0n) is 19.4. The molecule has 2 aliphatic rings. The fourth-order valence-electron chi connectivity index (χ4n) is 5.53. The molecule has 1 aliphatic carbocycles. The second kappa shape index (κ2) is 9.51. The van der Waals surface area contributed by atoms with Gasteiger partial charge in [0.2, 0.25) is 0 Å². The zero-order chi connectivity index (χ0) is 23.7. The Kier molecular flexibility index (Phi) is 7.34. The van der Waals surface area contributed by atoms with Gasteiger partial charge >= 0.3 is 11.9 Å². The van der Waals surface area contributed by atoms with Gasteiger partial charge in [-0.15, -0.1) is 0 Å². The minimum absolute atomic E-state index is 0.0346. The predicted molar refractivity (Wildman–Crippen MR) is 121 cm³/mol. The molecule has 1 saturated heterocycles. The van der Waals surface area contributed by atoms with Crippen LogP contribution in [0.3, 0.4) is 0 Å². The highest BCUT2D eigenvalue weighted by molar-refractivity contribution is 7.92. The lowest BCUT2D eigenvalue weighted by Crippen LogP contribution is -2.62. The quantitative estimate of drug-likeness (QED) is 0.661. The van der Waals surface area contributed by atoms with E-state index in [4.69, 9.17) is 4.74 Å². The van der Waals surface area contributed by atoms with Gasteiger partial charge in [-0.3, -0.25) is 9.69 Å². The summed E-state index contributed by atoms with van der Waals surface area (Å²) in [6, 6.07) is 5.78. The summed E-state index contributed by atoms with van der Waals surface area (Å²) in [6.07, 6.45) is 5.30. The molecule has 0 radical (unpaired) electrons. The monoisotopic (exact) mass is 465 g/mol. The number of aliphatic carboxylic acids is 1. The molecule has 0 spiro atoms. The number of esters is 1. The molecule has 7 nitrogen and oxygen atoms in total. The lowest BCUT2D eigenvalue weighted by Gasteiger charge is -2.52. The number of ether oxygens (including phenoxy) is 1. The number of hydrogen-bond acceptors (Lipinski definition) is 6. The molecule has 178 valence electrons. The van der Waals surface area contributed by atoms with Crippen LogP contribution < -0.4 is 0 Å². The van der Waals surface area contributed by atoms with Crippen molar-refractivity contribution in [3.63, 3.8) is 0 Å². The Morgan fingerprint density at radius 3 is 2.34 bits per heavy atom. The summed E-state index contributed by atoms with van der Waals surface area (Å²) in [5.74, 6) is -2.34. The minimum Gasteiger partial charge on any atom is -0.481 e. The van der Waals surface area contributed by atoms with Gasteiger partial charge in [-0.05, 0) is 42.9 Å². The van der Waals surface area contributed by atoms with Crippen molar-refractivity contribution < 1.29 is 27.9 Å². The first-order valence-electron chi connectivity index (χ1n) is 11.4. The molecule has 1 N–H and O–H groups in total. The molecule has 3 atom stereocenters. The molecule has 1 aromatic rings. The van der Waals surface area contributed by atoms with Crippen LogP contribution in [0.1, 0.15) is 69.7 Å². The molecule has 0 amide bonds. The highest BCUT2D eigenvalue weighted by atomic mass is 32.2. The van der Waals surface area contributed by atoms with E-state index in [1.807, 2.05) is 20.8 Å². The number of carboxylic acids is 1. The maximum Gasteiger partial charge on any atom is 0.337 e. The van der Waals surface area contributed by atoms with Gasteiger partial charge in [0.15, 0.2) is 9.84 Å². The molecule has 1 heterocycles. The number of piperidine rings is 1. The van der Waals surface area contributed by atoms with Gasteiger partial charge in [0.25, 0.3) is 0 Å². The fraction of sp³-hybridized carbons (Fsp3) is 0.667. The third kappa shape index (κ3) is 5.01. The van der Waals surface area contributed by atoms with E-state index < -0.39 is 32.9 Å². The highest BCUT2D eigenvalue weighted by Gasteiger charge is 2.50. The van der Waals surface area contributed by atoms with Crippen LogP contribution in [0.15, 0.2) is 29.2 Å². The molecule has 32 heavy (non-hydrogen) atoms. The number of nitrogens with zero attached hydrogens (tertiary/aromatic N) is 1. The van der Waals surface area contributed by atoms with E-state index in [2.05, 4.69) is 4.90 Å². The first-order chi connectivity index (χ1) is 15.0. The number of rotatable bonds is 5. The van der Waals surface area contributed by atoms with Gasteiger partial charge in [-0.2, -0.15) is 0 Å². The van der Waals surface area contributed by atoms with Crippen LogP contribution in [0, 0.1) is 11.3 Å². The van der Waals surface area contributed by atoms with Gasteiger partial charge in [0.05, 0.1) is 28.7 Å². The van der Waals surface area contributed by atoms with Gasteiger partial charge in [0.1, 0.15) is 0 Å². The molecule has 1 aliphatic heterocycles. The number of carbonyl (C=O) groups excluding carboxylic acids is 1. The maximum atomic E-state index is 13.6. The van der Waals surface area contributed by atoms with E-state index in [1.165, 1.54) is 31.4 Å². The van der Waals surface area contributed by atoms with E-state index in [0.717, 1.165) is 32.1 Å². The third-order valence-electron chi connectivity index (χ3n) is 6.94. The molecular weight excluding hydrogens is 430 g/mol. The lowest BCUT2D eigenvalue weighted by atomic mass is 9.72. The number of benzene rings is 1. The minimum atomic E-state index is -3.85. The van der Waals surface area contributed by atoms with Crippen molar-refractivity contribution in [2.75, 3.05) is 13.7 Å². The Morgan fingerprint density at radius 1 is 1.12 bits per heavy atom. The second-order valence-electron chi connectivity index (χ2n) is 10.2. The Balaban J connectivity index is 2.01. The van der Waals surface area contributed by atoms with Gasteiger partial charge < -0.3 is 9.84 Å². The largest absolute Gasteiger partial charge is 0.481 e. The standard InChI is InChI=1S/C24H35NO6S/c1-24(2,3)21-20(22(26)27)14-19(15-25(21)17-10-6-5-7-11-17)32(29,30)18-12-8-9-16(13-18)23(28)31-4/h8-9,12-13,17,19-21H,5-7,10-11,14-15H2,1-4H3,(H,26,27). The number of sulfone groups is 1. The van der Waals surface area contributed by atoms with Crippen molar-refractivity contribution in [2.24, 2.45) is 11.3 Å². The van der Waals surface area contributed by atoms with Gasteiger partial charge in [0, 0.05) is 18.6 Å². The third-order valence-corrected chi connectivity index (χ3v) is 9.07. The Hall–Kier alpha value is -1.93. The van der Waals surface area contributed by atoms with Gasteiger partial charge in [-0.25, -0.2) is 13.2 Å². The molecule has 0 bridgehead atoms. The average molecular weight is 466 g/mol. The molecule has 1 saturated carbocycles. The SMILES string of the molecule is COC(=O)c1cccc(S(=O)(=O)C2CC(C(=O)O)C(C(C)(C)C)N(C3CCCCC3)C2)c1. The summed E-state index contributed by atoms with van der Waals surface area (Å²) in [5.41, 5.74) is -0.143. The van der Waals surface area contributed by atoms with Crippen LogP contribution in [0.2, 0.25) is 0 Å². The summed E-state index contributed by atoms with van der Waals surface area (Å²) >= 11 is 0. The molecule has 0 aromatic heterocycles. The molecule has 8 heteroatoms. The van der Waals surface area contributed by atoms with Crippen LogP contribution in [0.4, 0.5) is 0 Å². The van der Waals surface area contributed by atoms with E-state index >= 15 is 0 Å². The number of carbonyl (C=O) groups is 2. The normalized spacial score (nSPS) is 25.9. The molecule has 2 fully saturated rings. The van der Waals surface area contributed by atoms with E-state index in [-0.39, 0.29) is 34.4 Å². The number of hydrogen-bond donors (Lipinski definition) is 1. The van der Waals surface area contributed by atoms with Crippen molar-refractivity contribution in [1.29, 1.82) is 0 Å². The van der Waals surface area contributed by atoms with Crippen molar-refractivity contribution in [2.45, 2.75) is 81.5 Å². The topological polar surface area (TPSA) is 101 Å². The lowest BCUT2D eigenvalue weighted by molar-refractivity contribution is -0.150. The highest BCUT2D eigenvalue weighted by Crippen LogP contribution is 2.42. The smallest absolute Gasteiger partial charge is 0.337 e. The Labute approximate surface area is 191 Å². The number of carboxylic acid groups (broad SMARTS) is 1. The maximum absolute atomic E-state index is 13.6. The average Bonchev–Trinajstić information content (AvgIpc) is 2.77. The fourth-order valence-corrected chi connectivity index (χ4v) is 7.30. The van der Waals surface area contributed by atoms with Crippen molar-refractivity contribution >= 4 is 21.8 Å². The van der Waals surface area contributed by atoms with Crippen LogP contribution in [0.5, 0.6) is 0 Å². The Morgan fingerprint density at radius 2 is 1.78 bits per heavy atom. The first kappa shape index (κ1) is 24.7. The Bertz CT molecular complexity index is 945. The number of likely N-dealkylation sites (tertiary alicyclic amines) is 1. The van der Waals surface area contributed by atoms with Gasteiger partial charge in [-0.1, -0.05) is 46.1 Å². The molecular formula is C24H35NO6S. The van der Waals surface area contributed by atoms with Crippen LogP contribution in [-0.2, 0) is 19.4 Å².